The van der Waals surface area contributed by atoms with Crippen LogP contribution in [0.15, 0.2) is 21.5 Å². The summed E-state index contributed by atoms with van der Waals surface area (Å²) in [5.41, 5.74) is 6.29. The number of anilines is 1. The Kier molecular flexibility index (Phi) is 4.88. The van der Waals surface area contributed by atoms with Gasteiger partial charge in [0.2, 0.25) is 0 Å². The third-order valence-corrected chi connectivity index (χ3v) is 2.88. The molecule has 0 aliphatic heterocycles. The van der Waals surface area contributed by atoms with Gasteiger partial charge in [0.05, 0.1) is 4.47 Å². The maximum absolute atomic E-state index is 11.6. The molecular weight excluding hydrogens is 256 g/mol. The molecule has 1 heterocycles. The summed E-state index contributed by atoms with van der Waals surface area (Å²) in [5.74, 6) is 0. The molecule has 0 amide bonds. The van der Waals surface area contributed by atoms with Crippen molar-refractivity contribution in [2.75, 3.05) is 5.73 Å². The van der Waals surface area contributed by atoms with Gasteiger partial charge in [-0.05, 0) is 28.4 Å². The standard InChI is InChI=1S/C11H17BrN2O/c1-2-3-4-5-6-14-8-9(13)7-10(12)11(14)15/h7-8H,2-6,13H2,1H3. The topological polar surface area (TPSA) is 48.0 Å². The Bertz CT molecular complexity index is 373. The van der Waals surface area contributed by atoms with E-state index in [1.54, 1.807) is 16.8 Å². The van der Waals surface area contributed by atoms with E-state index < -0.39 is 0 Å². The minimum atomic E-state index is 0.000647. The van der Waals surface area contributed by atoms with Crippen molar-refractivity contribution in [3.05, 3.63) is 27.1 Å². The lowest BCUT2D eigenvalue weighted by Crippen LogP contribution is -2.20. The summed E-state index contributed by atoms with van der Waals surface area (Å²) in [6.45, 7) is 2.92. The van der Waals surface area contributed by atoms with Crippen LogP contribution in [-0.4, -0.2) is 4.57 Å². The molecule has 1 aromatic heterocycles. The third-order valence-electron chi connectivity index (χ3n) is 2.32. The van der Waals surface area contributed by atoms with E-state index in [-0.39, 0.29) is 5.56 Å². The molecule has 0 aliphatic carbocycles. The molecule has 0 atom stereocenters. The summed E-state index contributed by atoms with van der Waals surface area (Å²) >= 11 is 3.21. The molecule has 0 spiro atoms. The zero-order valence-corrected chi connectivity index (χ0v) is 10.6. The zero-order chi connectivity index (χ0) is 11.3. The third kappa shape index (κ3) is 3.70. The summed E-state index contributed by atoms with van der Waals surface area (Å²) in [5, 5.41) is 0. The minimum absolute atomic E-state index is 0.000647. The number of hydrogen-bond acceptors (Lipinski definition) is 2. The number of aryl methyl sites for hydroxylation is 1. The van der Waals surface area contributed by atoms with Crippen LogP contribution in [0.2, 0.25) is 0 Å². The van der Waals surface area contributed by atoms with Crippen LogP contribution in [0.1, 0.15) is 32.6 Å². The summed E-state index contributed by atoms with van der Waals surface area (Å²) < 4.78 is 2.22. The molecule has 4 heteroatoms. The van der Waals surface area contributed by atoms with Gasteiger partial charge in [-0.15, -0.1) is 0 Å². The maximum Gasteiger partial charge on any atom is 0.264 e. The van der Waals surface area contributed by atoms with Gasteiger partial charge in [0, 0.05) is 18.4 Å². The number of rotatable bonds is 5. The quantitative estimate of drug-likeness (QED) is 0.838. The summed E-state index contributed by atoms with van der Waals surface area (Å²) in [4.78, 5) is 11.6. The number of nitrogens with zero attached hydrogens (tertiary/aromatic N) is 1. The number of aromatic nitrogens is 1. The average molecular weight is 273 g/mol. The fraction of sp³-hybridized carbons (Fsp3) is 0.545. The molecule has 0 saturated heterocycles. The molecule has 1 rings (SSSR count). The SMILES string of the molecule is CCCCCCn1cc(N)cc(Br)c1=O. The largest absolute Gasteiger partial charge is 0.398 e. The molecule has 84 valence electrons. The van der Waals surface area contributed by atoms with Crippen LogP contribution in [-0.2, 0) is 6.54 Å². The van der Waals surface area contributed by atoms with Gasteiger partial charge >= 0.3 is 0 Å². The smallest absolute Gasteiger partial charge is 0.264 e. The van der Waals surface area contributed by atoms with Gasteiger partial charge in [0.15, 0.2) is 0 Å². The lowest BCUT2D eigenvalue weighted by molar-refractivity contribution is 0.570. The van der Waals surface area contributed by atoms with Gasteiger partial charge in [-0.2, -0.15) is 0 Å². The normalized spacial score (nSPS) is 10.5. The summed E-state index contributed by atoms with van der Waals surface area (Å²) in [6.07, 6.45) is 6.33. The van der Waals surface area contributed by atoms with E-state index in [4.69, 9.17) is 5.73 Å². The molecule has 2 N–H and O–H groups in total. The fourth-order valence-corrected chi connectivity index (χ4v) is 1.99. The zero-order valence-electron chi connectivity index (χ0n) is 9.00. The van der Waals surface area contributed by atoms with Crippen LogP contribution in [0.5, 0.6) is 0 Å². The Morgan fingerprint density at radius 3 is 2.80 bits per heavy atom. The highest BCUT2D eigenvalue weighted by atomic mass is 79.9. The molecular formula is C11H17BrN2O. The van der Waals surface area contributed by atoms with E-state index in [0.717, 1.165) is 19.4 Å². The van der Waals surface area contributed by atoms with Gasteiger partial charge in [-0.25, -0.2) is 0 Å². The molecule has 0 bridgehead atoms. The lowest BCUT2D eigenvalue weighted by Gasteiger charge is -2.07. The van der Waals surface area contributed by atoms with E-state index in [1.807, 2.05) is 0 Å². The van der Waals surface area contributed by atoms with Crippen LogP contribution < -0.4 is 11.3 Å². The first-order valence-corrected chi connectivity index (χ1v) is 6.10. The molecule has 0 aromatic carbocycles. The van der Waals surface area contributed by atoms with E-state index in [2.05, 4.69) is 22.9 Å². The fourth-order valence-electron chi connectivity index (χ4n) is 1.50. The van der Waals surface area contributed by atoms with Gasteiger partial charge in [-0.3, -0.25) is 4.79 Å². The van der Waals surface area contributed by atoms with Crippen molar-refractivity contribution in [2.24, 2.45) is 0 Å². The molecule has 3 nitrogen and oxygen atoms in total. The Balaban J connectivity index is 2.64. The van der Waals surface area contributed by atoms with Crippen LogP contribution in [0.4, 0.5) is 5.69 Å². The predicted molar refractivity (Wildman–Crippen MR) is 67.0 cm³/mol. The second-order valence-electron chi connectivity index (χ2n) is 3.68. The number of halogens is 1. The van der Waals surface area contributed by atoms with Gasteiger partial charge < -0.3 is 10.3 Å². The second kappa shape index (κ2) is 5.95. The van der Waals surface area contributed by atoms with Gasteiger partial charge in [0.25, 0.3) is 5.56 Å². The van der Waals surface area contributed by atoms with Crippen molar-refractivity contribution in [2.45, 2.75) is 39.2 Å². The Labute approximate surface area is 98.4 Å². The molecule has 0 saturated carbocycles. The highest BCUT2D eigenvalue weighted by Crippen LogP contribution is 2.09. The molecule has 0 unspecified atom stereocenters. The first-order chi connectivity index (χ1) is 7.15. The van der Waals surface area contributed by atoms with E-state index in [9.17, 15) is 4.79 Å². The molecule has 1 aromatic rings. The first kappa shape index (κ1) is 12.3. The van der Waals surface area contributed by atoms with Crippen molar-refractivity contribution < 1.29 is 0 Å². The molecule has 15 heavy (non-hydrogen) atoms. The van der Waals surface area contributed by atoms with E-state index in [0.29, 0.717) is 10.2 Å². The number of unbranched alkanes of at least 4 members (excludes halogenated alkanes) is 3. The minimum Gasteiger partial charge on any atom is -0.398 e. The van der Waals surface area contributed by atoms with Crippen LogP contribution >= 0.6 is 15.9 Å². The highest BCUT2D eigenvalue weighted by molar-refractivity contribution is 9.10. The average Bonchev–Trinajstić information content (AvgIpc) is 2.19. The molecule has 0 fully saturated rings. The second-order valence-corrected chi connectivity index (χ2v) is 4.53. The summed E-state index contributed by atoms with van der Waals surface area (Å²) in [7, 11) is 0. The monoisotopic (exact) mass is 272 g/mol. The number of hydrogen-bond donors (Lipinski definition) is 1. The van der Waals surface area contributed by atoms with E-state index >= 15 is 0 Å². The number of nitrogens with two attached hydrogens (primary N) is 1. The molecule has 0 radical (unpaired) electrons. The number of nitrogen functional groups attached to an aromatic ring is 1. The Morgan fingerprint density at radius 1 is 1.40 bits per heavy atom. The highest BCUT2D eigenvalue weighted by Gasteiger charge is 2.02. The van der Waals surface area contributed by atoms with Gasteiger partial charge in [0.1, 0.15) is 0 Å². The Hall–Kier alpha value is -0.770. The van der Waals surface area contributed by atoms with Crippen LogP contribution in [0, 0.1) is 0 Å². The maximum atomic E-state index is 11.6. The van der Waals surface area contributed by atoms with Crippen molar-refractivity contribution in [3.8, 4) is 0 Å². The lowest BCUT2D eigenvalue weighted by atomic mass is 10.2. The van der Waals surface area contributed by atoms with Crippen LogP contribution in [0.3, 0.4) is 0 Å². The van der Waals surface area contributed by atoms with Crippen molar-refractivity contribution in [1.82, 2.24) is 4.57 Å². The molecule has 0 aliphatic rings. The first-order valence-electron chi connectivity index (χ1n) is 5.30. The van der Waals surface area contributed by atoms with Crippen LogP contribution in [0.25, 0.3) is 0 Å². The van der Waals surface area contributed by atoms with Gasteiger partial charge in [-0.1, -0.05) is 26.2 Å². The van der Waals surface area contributed by atoms with Crippen molar-refractivity contribution in [3.63, 3.8) is 0 Å². The number of pyridine rings is 1. The van der Waals surface area contributed by atoms with E-state index in [1.165, 1.54) is 12.8 Å². The van der Waals surface area contributed by atoms with Crippen molar-refractivity contribution >= 4 is 21.6 Å². The summed E-state index contributed by atoms with van der Waals surface area (Å²) in [6, 6.07) is 1.64. The predicted octanol–water partition coefficient (Wildman–Crippen LogP) is 2.77. The Morgan fingerprint density at radius 2 is 2.13 bits per heavy atom. The van der Waals surface area contributed by atoms with Crippen molar-refractivity contribution in [1.29, 1.82) is 0 Å².